The number of primary amides is 1. The van der Waals surface area contributed by atoms with E-state index >= 15 is 0 Å². The van der Waals surface area contributed by atoms with Gasteiger partial charge >= 0.3 is 11.3 Å². The molecule has 0 atom stereocenters. The zero-order valence-corrected chi connectivity index (χ0v) is 11.5. The van der Waals surface area contributed by atoms with Crippen LogP contribution in [0.4, 0.5) is 0 Å². The summed E-state index contributed by atoms with van der Waals surface area (Å²) in [5, 5.41) is 43.2. The molecule has 0 rings (SSSR count). The van der Waals surface area contributed by atoms with Crippen molar-refractivity contribution in [2.24, 2.45) is 11.7 Å². The zero-order chi connectivity index (χ0) is 17.9. The molecular formula is C8H13N5O9. The van der Waals surface area contributed by atoms with Crippen LogP contribution < -0.4 is 5.73 Å². The Morgan fingerprint density at radius 2 is 1.09 bits per heavy atom. The Morgan fingerprint density at radius 3 is 1.23 bits per heavy atom. The number of nitrogens with two attached hydrogens (primary N) is 1. The first-order chi connectivity index (χ1) is 9.79. The Hall–Kier alpha value is -2.93. The molecular weight excluding hydrogens is 310 g/mol. The molecule has 14 heteroatoms. The molecule has 0 bridgehead atoms. The van der Waals surface area contributed by atoms with E-state index in [2.05, 4.69) is 0 Å². The van der Waals surface area contributed by atoms with Gasteiger partial charge in [0.2, 0.25) is 5.91 Å². The average molecular weight is 323 g/mol. The predicted octanol–water partition coefficient (Wildman–Crippen LogP) is -0.593. The minimum Gasteiger partial charge on any atom is -0.369 e. The van der Waals surface area contributed by atoms with E-state index in [1.54, 1.807) is 0 Å². The standard InChI is InChI=1S/C8H13N5O9/c1-7(10(15)16,11(17)18)3-5(6(9)14)4-8(2,12(19)20)13(21)22/h5H,3-4H2,1-2H3,(H2,9,14). The number of carbonyl (C=O) groups is 1. The Bertz CT molecular complexity index is 464. The van der Waals surface area contributed by atoms with Crippen LogP contribution in [-0.4, -0.2) is 36.9 Å². The fourth-order valence-electron chi connectivity index (χ4n) is 1.64. The van der Waals surface area contributed by atoms with Crippen LogP contribution in [0.3, 0.4) is 0 Å². The van der Waals surface area contributed by atoms with E-state index in [-0.39, 0.29) is 0 Å². The molecule has 0 saturated carbocycles. The highest BCUT2D eigenvalue weighted by molar-refractivity contribution is 5.76. The number of nitrogens with zero attached hydrogens (tertiary/aromatic N) is 4. The third-order valence-corrected chi connectivity index (χ3v) is 3.24. The molecule has 0 unspecified atom stereocenters. The summed E-state index contributed by atoms with van der Waals surface area (Å²) >= 11 is 0. The molecule has 124 valence electrons. The third kappa shape index (κ3) is 3.58. The number of rotatable bonds is 9. The van der Waals surface area contributed by atoms with Gasteiger partial charge in [0, 0.05) is 0 Å². The topological polar surface area (TPSA) is 216 Å². The molecule has 2 N–H and O–H groups in total. The van der Waals surface area contributed by atoms with Crippen molar-refractivity contribution in [3.63, 3.8) is 0 Å². The van der Waals surface area contributed by atoms with E-state index in [9.17, 15) is 45.3 Å². The molecule has 0 radical (unpaired) electrons. The van der Waals surface area contributed by atoms with Gasteiger partial charge in [0.1, 0.15) is 12.8 Å². The Kier molecular flexibility index (Phi) is 5.40. The molecule has 0 fully saturated rings. The van der Waals surface area contributed by atoms with Gasteiger partial charge in [-0.15, -0.1) is 0 Å². The van der Waals surface area contributed by atoms with Crippen molar-refractivity contribution in [2.75, 3.05) is 0 Å². The van der Waals surface area contributed by atoms with Gasteiger partial charge in [-0.3, -0.25) is 45.3 Å². The molecule has 0 aliphatic carbocycles. The van der Waals surface area contributed by atoms with Crippen LogP contribution in [0.25, 0.3) is 0 Å². The fourth-order valence-corrected chi connectivity index (χ4v) is 1.64. The summed E-state index contributed by atoms with van der Waals surface area (Å²) in [5.41, 5.74) is -0.784. The van der Waals surface area contributed by atoms with Crippen molar-refractivity contribution in [1.29, 1.82) is 0 Å². The van der Waals surface area contributed by atoms with E-state index in [1.807, 2.05) is 0 Å². The zero-order valence-electron chi connectivity index (χ0n) is 11.5. The van der Waals surface area contributed by atoms with Gasteiger partial charge in [-0.05, 0) is 0 Å². The monoisotopic (exact) mass is 323 g/mol. The average Bonchev–Trinajstić information content (AvgIpc) is 2.36. The normalized spacial score (nSPS) is 12.0. The van der Waals surface area contributed by atoms with Crippen molar-refractivity contribution < 1.29 is 24.5 Å². The maximum atomic E-state index is 11.3. The van der Waals surface area contributed by atoms with Crippen LogP contribution >= 0.6 is 0 Å². The van der Waals surface area contributed by atoms with Crippen LogP contribution in [0.5, 0.6) is 0 Å². The quantitative estimate of drug-likeness (QED) is 0.325. The summed E-state index contributed by atoms with van der Waals surface area (Å²) in [4.78, 5) is 49.3. The second-order valence-corrected chi connectivity index (χ2v) is 4.97. The number of amides is 1. The minimum atomic E-state index is -2.85. The first kappa shape index (κ1) is 19.1. The first-order valence-corrected chi connectivity index (χ1v) is 5.66. The Balaban J connectivity index is 5.65. The smallest absolute Gasteiger partial charge is 0.369 e. The second-order valence-electron chi connectivity index (χ2n) is 4.97. The summed E-state index contributed by atoms with van der Waals surface area (Å²) in [6.07, 6.45) is -2.22. The lowest BCUT2D eigenvalue weighted by molar-refractivity contribution is -0.800. The molecule has 0 aliphatic rings. The lowest BCUT2D eigenvalue weighted by Gasteiger charge is -2.20. The SMILES string of the molecule is CC(CC(CC(C)([N+](=O)[O-])[N+](=O)[O-])C(N)=O)([N+](=O)[O-])[N+](=O)[O-]. The van der Waals surface area contributed by atoms with Gasteiger partial charge in [0.05, 0.1) is 39.5 Å². The molecule has 0 aromatic rings. The highest BCUT2D eigenvalue weighted by Gasteiger charge is 2.58. The van der Waals surface area contributed by atoms with Crippen molar-refractivity contribution in [3.05, 3.63) is 40.5 Å². The molecule has 22 heavy (non-hydrogen) atoms. The minimum absolute atomic E-state index is 0.582. The Labute approximate surface area is 121 Å². The van der Waals surface area contributed by atoms with Crippen LogP contribution in [0.2, 0.25) is 0 Å². The van der Waals surface area contributed by atoms with Crippen molar-refractivity contribution in [3.8, 4) is 0 Å². The summed E-state index contributed by atoms with van der Waals surface area (Å²) in [6.45, 7) is 1.16. The van der Waals surface area contributed by atoms with E-state index in [0.717, 1.165) is 0 Å². The van der Waals surface area contributed by atoms with Gasteiger partial charge < -0.3 is 5.73 Å². The summed E-state index contributed by atoms with van der Waals surface area (Å²) in [7, 11) is 0. The molecule has 0 aromatic heterocycles. The second kappa shape index (κ2) is 6.23. The molecule has 0 saturated heterocycles. The van der Waals surface area contributed by atoms with Crippen LogP contribution in [0.1, 0.15) is 26.7 Å². The maximum absolute atomic E-state index is 11.3. The fraction of sp³-hybridized carbons (Fsp3) is 0.875. The maximum Gasteiger partial charge on any atom is 0.456 e. The molecule has 14 nitrogen and oxygen atoms in total. The summed E-state index contributed by atoms with van der Waals surface area (Å²) in [5.74, 6) is -3.15. The van der Waals surface area contributed by atoms with Gasteiger partial charge in [-0.2, -0.15) is 0 Å². The van der Waals surface area contributed by atoms with Crippen molar-refractivity contribution >= 4 is 5.91 Å². The van der Waals surface area contributed by atoms with E-state index in [4.69, 9.17) is 5.73 Å². The predicted molar refractivity (Wildman–Crippen MR) is 66.7 cm³/mol. The van der Waals surface area contributed by atoms with E-state index in [0.29, 0.717) is 13.8 Å². The molecule has 1 amide bonds. The molecule has 0 aliphatic heterocycles. The number of carbonyl (C=O) groups excluding carboxylic acids is 1. The van der Waals surface area contributed by atoms with Gasteiger partial charge in [-0.1, -0.05) is 0 Å². The van der Waals surface area contributed by atoms with Gasteiger partial charge in [-0.25, -0.2) is 0 Å². The summed E-state index contributed by atoms with van der Waals surface area (Å²) < 4.78 is 0. The Morgan fingerprint density at radius 1 is 0.864 bits per heavy atom. The number of nitro groups is 4. The van der Waals surface area contributed by atoms with E-state index in [1.165, 1.54) is 0 Å². The molecule has 0 aromatic carbocycles. The molecule has 0 spiro atoms. The molecule has 0 heterocycles. The van der Waals surface area contributed by atoms with Crippen LogP contribution in [0, 0.1) is 46.4 Å². The lowest BCUT2D eigenvalue weighted by Crippen LogP contribution is -2.51. The largest absolute Gasteiger partial charge is 0.456 e. The lowest BCUT2D eigenvalue weighted by atomic mass is 9.88. The van der Waals surface area contributed by atoms with Crippen LogP contribution in [0.15, 0.2) is 0 Å². The van der Waals surface area contributed by atoms with Crippen LogP contribution in [-0.2, 0) is 4.79 Å². The highest BCUT2D eigenvalue weighted by Crippen LogP contribution is 2.29. The van der Waals surface area contributed by atoms with E-state index < -0.39 is 55.7 Å². The highest BCUT2D eigenvalue weighted by atomic mass is 16.7. The van der Waals surface area contributed by atoms with Gasteiger partial charge in [0.25, 0.3) is 0 Å². The third-order valence-electron chi connectivity index (χ3n) is 3.24. The number of hydrogen-bond donors (Lipinski definition) is 1. The first-order valence-electron chi connectivity index (χ1n) is 5.66. The summed E-state index contributed by atoms with van der Waals surface area (Å²) in [6, 6.07) is 0. The number of hydrogen-bond acceptors (Lipinski definition) is 9. The van der Waals surface area contributed by atoms with Crippen molar-refractivity contribution in [2.45, 2.75) is 38.0 Å². The van der Waals surface area contributed by atoms with Crippen molar-refractivity contribution in [1.82, 2.24) is 0 Å². The van der Waals surface area contributed by atoms with Gasteiger partial charge in [0.15, 0.2) is 0 Å².